The molecule has 1 fully saturated rings. The maximum Gasteiger partial charge on any atom is 0.255 e. The number of ether oxygens (including phenoxy) is 1. The van der Waals surface area contributed by atoms with Crippen molar-refractivity contribution < 1.29 is 17.9 Å². The smallest absolute Gasteiger partial charge is 0.255 e. The van der Waals surface area contributed by atoms with Crippen LogP contribution in [0.4, 0.5) is 5.69 Å². The number of hydrogen-bond donors (Lipinski definition) is 1. The van der Waals surface area contributed by atoms with Crippen LogP contribution in [0.2, 0.25) is 0 Å². The van der Waals surface area contributed by atoms with Gasteiger partial charge in [-0.15, -0.1) is 0 Å². The molecule has 0 unspecified atom stereocenters. The number of aryl methyl sites for hydroxylation is 1. The Balaban J connectivity index is 1.81. The number of nitrogens with one attached hydrogen (secondary N) is 1. The monoisotopic (exact) mass is 373 g/mol. The molecule has 5 nitrogen and oxygen atoms in total. The van der Waals surface area contributed by atoms with Crippen LogP contribution in [0, 0.1) is 6.92 Å². The van der Waals surface area contributed by atoms with E-state index in [1.807, 2.05) is 13.0 Å². The first-order chi connectivity index (χ1) is 12.4. The number of anilines is 1. The predicted octanol–water partition coefficient (Wildman–Crippen LogP) is 3.97. The summed E-state index contributed by atoms with van der Waals surface area (Å²) >= 11 is 0. The van der Waals surface area contributed by atoms with Crippen LogP contribution in [0.25, 0.3) is 0 Å². The molecule has 0 spiro atoms. The van der Waals surface area contributed by atoms with Gasteiger partial charge in [0.15, 0.2) is 9.84 Å². The van der Waals surface area contributed by atoms with E-state index in [-0.39, 0.29) is 16.1 Å². The van der Waals surface area contributed by atoms with Crippen molar-refractivity contribution in [2.45, 2.75) is 42.8 Å². The van der Waals surface area contributed by atoms with Crippen molar-refractivity contribution in [3.8, 4) is 5.75 Å². The summed E-state index contributed by atoms with van der Waals surface area (Å²) in [6.07, 6.45) is 3.33. The van der Waals surface area contributed by atoms with Crippen molar-refractivity contribution in [3.63, 3.8) is 0 Å². The minimum absolute atomic E-state index is 0.267. The second-order valence-electron chi connectivity index (χ2n) is 6.62. The van der Waals surface area contributed by atoms with E-state index in [1.165, 1.54) is 6.07 Å². The maximum atomic E-state index is 12.7. The third-order valence-corrected chi connectivity index (χ3v) is 7.09. The standard InChI is InChI=1S/C20H23NO4S/c1-14-10-11-15(12-19(14)25-2)20(22)21-16-6-5-9-18(13-16)26(23,24)17-7-3-4-8-17/h5-6,9-13,17H,3-4,7-8H2,1-2H3,(H,21,22). The van der Waals surface area contributed by atoms with Gasteiger partial charge in [0, 0.05) is 11.3 Å². The molecule has 2 aromatic carbocycles. The average Bonchev–Trinajstić information content (AvgIpc) is 3.18. The van der Waals surface area contributed by atoms with Crippen LogP contribution in [0.3, 0.4) is 0 Å². The molecule has 0 aliphatic heterocycles. The molecule has 3 rings (SSSR count). The number of sulfone groups is 1. The number of benzene rings is 2. The van der Waals surface area contributed by atoms with Crippen LogP contribution < -0.4 is 10.1 Å². The van der Waals surface area contributed by atoms with E-state index in [9.17, 15) is 13.2 Å². The van der Waals surface area contributed by atoms with Crippen LogP contribution in [0.5, 0.6) is 5.75 Å². The lowest BCUT2D eigenvalue weighted by Crippen LogP contribution is -2.18. The summed E-state index contributed by atoms with van der Waals surface area (Å²) in [4.78, 5) is 12.8. The molecule has 6 heteroatoms. The molecule has 1 amide bonds. The summed E-state index contributed by atoms with van der Waals surface area (Å²) in [5.74, 6) is 0.328. The molecule has 1 saturated carbocycles. The summed E-state index contributed by atoms with van der Waals surface area (Å²) in [6.45, 7) is 1.90. The van der Waals surface area contributed by atoms with Gasteiger partial charge in [-0.3, -0.25) is 4.79 Å². The fraction of sp³-hybridized carbons (Fsp3) is 0.350. The first-order valence-electron chi connectivity index (χ1n) is 8.72. The molecule has 0 bridgehead atoms. The molecule has 138 valence electrons. The van der Waals surface area contributed by atoms with E-state index in [0.717, 1.165) is 18.4 Å². The van der Waals surface area contributed by atoms with Crippen LogP contribution >= 0.6 is 0 Å². The summed E-state index contributed by atoms with van der Waals surface area (Å²) in [6, 6.07) is 11.7. The summed E-state index contributed by atoms with van der Waals surface area (Å²) in [7, 11) is -1.79. The van der Waals surface area contributed by atoms with Gasteiger partial charge in [0.05, 0.1) is 17.3 Å². The van der Waals surface area contributed by atoms with Crippen LogP contribution in [0.15, 0.2) is 47.4 Å². The molecule has 0 saturated heterocycles. The molecule has 26 heavy (non-hydrogen) atoms. The molecule has 1 N–H and O–H groups in total. The van der Waals surface area contributed by atoms with Crippen molar-refractivity contribution in [2.75, 3.05) is 12.4 Å². The largest absolute Gasteiger partial charge is 0.496 e. The number of rotatable bonds is 5. The Kier molecular flexibility index (Phi) is 5.32. The van der Waals surface area contributed by atoms with Crippen molar-refractivity contribution in [1.29, 1.82) is 0 Å². The van der Waals surface area contributed by atoms with E-state index in [4.69, 9.17) is 4.74 Å². The van der Waals surface area contributed by atoms with E-state index < -0.39 is 9.84 Å². The highest BCUT2D eigenvalue weighted by atomic mass is 32.2. The predicted molar refractivity (Wildman–Crippen MR) is 102 cm³/mol. The summed E-state index contributed by atoms with van der Waals surface area (Å²) in [5, 5.41) is 2.46. The van der Waals surface area contributed by atoms with Crippen LogP contribution in [-0.2, 0) is 9.84 Å². The van der Waals surface area contributed by atoms with Crippen LogP contribution in [0.1, 0.15) is 41.6 Å². The van der Waals surface area contributed by atoms with E-state index >= 15 is 0 Å². The van der Waals surface area contributed by atoms with Gasteiger partial charge in [-0.2, -0.15) is 0 Å². The molecule has 0 radical (unpaired) electrons. The minimum Gasteiger partial charge on any atom is -0.496 e. The quantitative estimate of drug-likeness (QED) is 0.861. The van der Waals surface area contributed by atoms with Crippen molar-refractivity contribution in [2.24, 2.45) is 0 Å². The highest BCUT2D eigenvalue weighted by molar-refractivity contribution is 7.92. The zero-order chi connectivity index (χ0) is 18.7. The highest BCUT2D eigenvalue weighted by Crippen LogP contribution is 2.30. The number of carbonyl (C=O) groups is 1. The second-order valence-corrected chi connectivity index (χ2v) is 8.85. The fourth-order valence-electron chi connectivity index (χ4n) is 3.31. The lowest BCUT2D eigenvalue weighted by atomic mass is 10.1. The summed E-state index contributed by atoms with van der Waals surface area (Å²) in [5.41, 5.74) is 1.86. The molecule has 0 aromatic heterocycles. The lowest BCUT2D eigenvalue weighted by molar-refractivity contribution is 0.102. The molecule has 1 aliphatic carbocycles. The Bertz CT molecular complexity index is 915. The van der Waals surface area contributed by atoms with E-state index in [2.05, 4.69) is 5.32 Å². The SMILES string of the molecule is COc1cc(C(=O)Nc2cccc(S(=O)(=O)C3CCCC3)c2)ccc1C. The number of carbonyl (C=O) groups excluding carboxylic acids is 1. The Hall–Kier alpha value is -2.34. The molecule has 0 atom stereocenters. The molecule has 1 aliphatic rings. The number of methoxy groups -OCH3 is 1. The molecule has 0 heterocycles. The van der Waals surface area contributed by atoms with E-state index in [0.29, 0.717) is 29.8 Å². The maximum absolute atomic E-state index is 12.7. The van der Waals surface area contributed by atoms with Gasteiger partial charge in [-0.05, 0) is 55.7 Å². The van der Waals surface area contributed by atoms with Gasteiger partial charge >= 0.3 is 0 Å². The average molecular weight is 373 g/mol. The van der Waals surface area contributed by atoms with Gasteiger partial charge < -0.3 is 10.1 Å². The Morgan fingerprint density at radius 3 is 2.54 bits per heavy atom. The molecule has 2 aromatic rings. The molecular formula is C20H23NO4S. The van der Waals surface area contributed by atoms with Crippen molar-refractivity contribution in [3.05, 3.63) is 53.6 Å². The van der Waals surface area contributed by atoms with Crippen molar-refractivity contribution >= 4 is 21.4 Å². The van der Waals surface area contributed by atoms with E-state index in [1.54, 1.807) is 37.4 Å². The van der Waals surface area contributed by atoms with Gasteiger partial charge in [-0.1, -0.05) is 25.0 Å². The topological polar surface area (TPSA) is 72.5 Å². The second kappa shape index (κ2) is 7.50. The number of amides is 1. The molecular weight excluding hydrogens is 350 g/mol. The zero-order valence-corrected chi connectivity index (χ0v) is 15.8. The third kappa shape index (κ3) is 3.75. The summed E-state index contributed by atoms with van der Waals surface area (Å²) < 4.78 is 30.7. The van der Waals surface area contributed by atoms with Crippen molar-refractivity contribution in [1.82, 2.24) is 0 Å². The first-order valence-corrected chi connectivity index (χ1v) is 10.3. The Labute approximate surface area is 154 Å². The van der Waals surface area contributed by atoms with Crippen LogP contribution in [-0.4, -0.2) is 26.7 Å². The van der Waals surface area contributed by atoms with Gasteiger partial charge in [0.1, 0.15) is 5.75 Å². The highest BCUT2D eigenvalue weighted by Gasteiger charge is 2.30. The van der Waals surface area contributed by atoms with Gasteiger partial charge in [0.2, 0.25) is 0 Å². The zero-order valence-electron chi connectivity index (χ0n) is 15.0. The fourth-order valence-corrected chi connectivity index (χ4v) is 5.20. The Morgan fingerprint density at radius 1 is 1.12 bits per heavy atom. The Morgan fingerprint density at radius 2 is 1.85 bits per heavy atom. The minimum atomic E-state index is -3.35. The third-order valence-electron chi connectivity index (χ3n) is 4.83. The first kappa shape index (κ1) is 18.5. The van der Waals surface area contributed by atoms with Gasteiger partial charge in [0.25, 0.3) is 5.91 Å². The van der Waals surface area contributed by atoms with Gasteiger partial charge in [-0.25, -0.2) is 8.42 Å². The normalized spacial score (nSPS) is 15.0. The number of hydrogen-bond acceptors (Lipinski definition) is 4. The lowest BCUT2D eigenvalue weighted by Gasteiger charge is -2.13.